The number of urea groups is 1. The average Bonchev–Trinajstić information content (AvgIpc) is 3.15. The monoisotopic (exact) mass is 359 g/mol. The highest BCUT2D eigenvalue weighted by molar-refractivity contribution is 5.96. The van der Waals surface area contributed by atoms with Gasteiger partial charge in [-0.3, -0.25) is 9.48 Å². The zero-order valence-corrected chi connectivity index (χ0v) is 14.4. The Hall–Kier alpha value is -2.90. The van der Waals surface area contributed by atoms with Crippen molar-refractivity contribution in [2.24, 2.45) is 5.73 Å². The van der Waals surface area contributed by atoms with Crippen molar-refractivity contribution in [2.75, 3.05) is 11.9 Å². The van der Waals surface area contributed by atoms with E-state index in [9.17, 15) is 14.0 Å². The van der Waals surface area contributed by atoms with Gasteiger partial charge in [0.25, 0.3) is 5.91 Å². The molecular formula is C18H22FN5O2. The molecule has 0 saturated carbocycles. The van der Waals surface area contributed by atoms with E-state index in [0.717, 1.165) is 38.3 Å². The smallest absolute Gasteiger partial charge is 0.322 e. The maximum atomic E-state index is 13.6. The van der Waals surface area contributed by atoms with E-state index in [1.54, 1.807) is 11.1 Å². The summed E-state index contributed by atoms with van der Waals surface area (Å²) < 4.78 is 15.4. The van der Waals surface area contributed by atoms with Gasteiger partial charge in [-0.15, -0.1) is 0 Å². The van der Waals surface area contributed by atoms with Crippen LogP contribution in [0.5, 0.6) is 0 Å². The molecule has 1 aliphatic rings. The second kappa shape index (κ2) is 7.99. The number of rotatable bonds is 5. The highest BCUT2D eigenvalue weighted by atomic mass is 19.1. The van der Waals surface area contributed by atoms with Crippen LogP contribution in [0.1, 0.15) is 36.0 Å². The number of anilines is 1. The van der Waals surface area contributed by atoms with Crippen LogP contribution in [0.3, 0.4) is 0 Å². The van der Waals surface area contributed by atoms with Crippen LogP contribution in [-0.4, -0.2) is 39.2 Å². The van der Waals surface area contributed by atoms with Gasteiger partial charge < -0.3 is 16.0 Å². The minimum atomic E-state index is -0.867. The fourth-order valence-electron chi connectivity index (χ4n) is 3.27. The zero-order chi connectivity index (χ0) is 18.5. The number of piperidine rings is 1. The van der Waals surface area contributed by atoms with Gasteiger partial charge in [-0.05, 0) is 49.9 Å². The number of benzene rings is 1. The van der Waals surface area contributed by atoms with Gasteiger partial charge in [0.15, 0.2) is 0 Å². The molecule has 2 aromatic rings. The minimum Gasteiger partial charge on any atom is -0.366 e. The molecule has 0 bridgehead atoms. The minimum absolute atomic E-state index is 0.115. The van der Waals surface area contributed by atoms with E-state index in [2.05, 4.69) is 10.4 Å². The van der Waals surface area contributed by atoms with Gasteiger partial charge in [0, 0.05) is 37.2 Å². The van der Waals surface area contributed by atoms with E-state index in [-0.39, 0.29) is 17.6 Å². The summed E-state index contributed by atoms with van der Waals surface area (Å²) in [6.07, 6.45) is 7.40. The number of amides is 3. The second-order valence-corrected chi connectivity index (χ2v) is 6.39. The van der Waals surface area contributed by atoms with Gasteiger partial charge in [0.2, 0.25) is 0 Å². The summed E-state index contributed by atoms with van der Waals surface area (Å²) in [6.45, 7) is 1.41. The molecule has 1 aliphatic heterocycles. The molecular weight excluding hydrogens is 337 g/mol. The van der Waals surface area contributed by atoms with Crippen molar-refractivity contribution in [2.45, 2.75) is 38.3 Å². The molecule has 0 aliphatic carbocycles. The van der Waals surface area contributed by atoms with Gasteiger partial charge in [-0.2, -0.15) is 5.10 Å². The molecule has 0 unspecified atom stereocenters. The zero-order valence-electron chi connectivity index (χ0n) is 14.4. The predicted octanol–water partition coefficient (Wildman–Crippen LogP) is 2.60. The third kappa shape index (κ3) is 4.19. The maximum absolute atomic E-state index is 13.6. The molecule has 26 heavy (non-hydrogen) atoms. The largest absolute Gasteiger partial charge is 0.366 e. The van der Waals surface area contributed by atoms with Gasteiger partial charge >= 0.3 is 6.03 Å². The van der Waals surface area contributed by atoms with Crippen LogP contribution in [0.25, 0.3) is 0 Å². The van der Waals surface area contributed by atoms with Crippen molar-refractivity contribution in [1.29, 1.82) is 0 Å². The molecule has 1 saturated heterocycles. The summed E-state index contributed by atoms with van der Waals surface area (Å²) in [5.41, 5.74) is 5.26. The first-order chi connectivity index (χ1) is 12.5. The molecule has 1 fully saturated rings. The standard InChI is InChI=1S/C18H22FN5O2/c19-16-6-5-13(12-15(16)17(20)25)22-18(26)24-10-2-1-4-14(24)7-11-23-9-3-8-21-23/h3,5-6,8-9,12,14H,1-2,4,7,10-11H2,(H2,20,25)(H,22,26)/t14-/m0/s1. The normalized spacial score (nSPS) is 17.1. The molecule has 1 aromatic heterocycles. The molecule has 3 amide bonds. The fraction of sp³-hybridized carbons (Fsp3) is 0.389. The second-order valence-electron chi connectivity index (χ2n) is 6.39. The number of nitrogens with two attached hydrogens (primary N) is 1. The van der Waals surface area contributed by atoms with Gasteiger partial charge in [-0.25, -0.2) is 9.18 Å². The number of aryl methyl sites for hydroxylation is 1. The van der Waals surface area contributed by atoms with Gasteiger partial charge in [0.1, 0.15) is 5.82 Å². The lowest BCUT2D eigenvalue weighted by molar-refractivity contribution is 0.0996. The number of carbonyl (C=O) groups excluding carboxylic acids is 2. The van der Waals surface area contributed by atoms with E-state index in [1.165, 1.54) is 12.1 Å². The first-order valence-corrected chi connectivity index (χ1v) is 8.69. The van der Waals surface area contributed by atoms with Crippen molar-refractivity contribution in [1.82, 2.24) is 14.7 Å². The molecule has 1 atom stereocenters. The first kappa shape index (κ1) is 17.9. The molecule has 7 nitrogen and oxygen atoms in total. The van der Waals surface area contributed by atoms with E-state index < -0.39 is 11.7 Å². The summed E-state index contributed by atoms with van der Waals surface area (Å²) in [5.74, 6) is -1.57. The first-order valence-electron chi connectivity index (χ1n) is 8.69. The van der Waals surface area contributed by atoms with Crippen molar-refractivity contribution in [3.05, 3.63) is 48.0 Å². The van der Waals surface area contributed by atoms with Crippen LogP contribution in [0.15, 0.2) is 36.7 Å². The number of nitrogens with one attached hydrogen (secondary N) is 1. The van der Waals surface area contributed by atoms with Crippen LogP contribution < -0.4 is 11.1 Å². The Kier molecular flexibility index (Phi) is 5.50. The van der Waals surface area contributed by atoms with Crippen LogP contribution in [0.4, 0.5) is 14.9 Å². The lowest BCUT2D eigenvalue weighted by Gasteiger charge is -2.35. The summed E-state index contributed by atoms with van der Waals surface area (Å²) >= 11 is 0. The Balaban J connectivity index is 1.66. The van der Waals surface area contributed by atoms with E-state index >= 15 is 0 Å². The molecule has 1 aromatic carbocycles. The predicted molar refractivity (Wildman–Crippen MR) is 95.1 cm³/mol. The third-order valence-electron chi connectivity index (χ3n) is 4.62. The summed E-state index contributed by atoms with van der Waals surface area (Å²) in [4.78, 5) is 25.8. The Morgan fingerprint density at radius 1 is 1.35 bits per heavy atom. The van der Waals surface area contributed by atoms with E-state index in [0.29, 0.717) is 12.2 Å². The number of aromatic nitrogens is 2. The van der Waals surface area contributed by atoms with Crippen molar-refractivity contribution >= 4 is 17.6 Å². The Bertz CT molecular complexity index is 778. The highest BCUT2D eigenvalue weighted by Gasteiger charge is 2.26. The number of likely N-dealkylation sites (tertiary alicyclic amines) is 1. The Labute approximate surface area is 151 Å². The molecule has 138 valence electrons. The number of nitrogens with zero attached hydrogens (tertiary/aromatic N) is 3. The summed E-state index contributed by atoms with van der Waals surface area (Å²) in [5, 5.41) is 6.94. The maximum Gasteiger partial charge on any atom is 0.322 e. The highest BCUT2D eigenvalue weighted by Crippen LogP contribution is 2.22. The molecule has 0 spiro atoms. The molecule has 8 heteroatoms. The van der Waals surface area contributed by atoms with Crippen LogP contribution in [-0.2, 0) is 6.54 Å². The SMILES string of the molecule is NC(=O)c1cc(NC(=O)N2CCCC[C@H]2CCn2cccn2)ccc1F. The molecule has 3 rings (SSSR count). The number of hydrogen-bond donors (Lipinski definition) is 2. The number of hydrogen-bond acceptors (Lipinski definition) is 3. The summed E-state index contributed by atoms with van der Waals surface area (Å²) in [7, 11) is 0. The quantitative estimate of drug-likeness (QED) is 0.859. The topological polar surface area (TPSA) is 93.2 Å². The van der Waals surface area contributed by atoms with Crippen molar-refractivity contribution < 1.29 is 14.0 Å². The molecule has 0 radical (unpaired) electrons. The Morgan fingerprint density at radius 3 is 2.92 bits per heavy atom. The molecule has 3 N–H and O–H groups in total. The lowest BCUT2D eigenvalue weighted by Crippen LogP contribution is -2.46. The van der Waals surface area contributed by atoms with Gasteiger partial charge in [0.05, 0.1) is 5.56 Å². The Morgan fingerprint density at radius 2 is 2.19 bits per heavy atom. The van der Waals surface area contributed by atoms with Crippen molar-refractivity contribution in [3.63, 3.8) is 0 Å². The number of halogens is 1. The number of primary amides is 1. The van der Waals surface area contributed by atoms with Gasteiger partial charge in [-0.1, -0.05) is 0 Å². The number of carbonyl (C=O) groups is 2. The fourth-order valence-corrected chi connectivity index (χ4v) is 3.27. The van der Waals surface area contributed by atoms with Crippen LogP contribution in [0.2, 0.25) is 0 Å². The summed E-state index contributed by atoms with van der Waals surface area (Å²) in [6, 6.07) is 5.54. The van der Waals surface area contributed by atoms with Crippen LogP contribution in [0, 0.1) is 5.82 Å². The lowest BCUT2D eigenvalue weighted by atomic mass is 10.00. The molecule has 2 heterocycles. The van der Waals surface area contributed by atoms with E-state index in [4.69, 9.17) is 5.73 Å². The average molecular weight is 359 g/mol. The van der Waals surface area contributed by atoms with E-state index in [1.807, 2.05) is 16.9 Å². The van der Waals surface area contributed by atoms with Crippen molar-refractivity contribution in [3.8, 4) is 0 Å². The third-order valence-corrected chi connectivity index (χ3v) is 4.62. The van der Waals surface area contributed by atoms with Crippen LogP contribution >= 0.6 is 0 Å².